The zero-order chi connectivity index (χ0) is 16.0. The molecule has 1 radical (unpaired) electrons. The largest absolute Gasteiger partial charge is 0.463 e. The van der Waals surface area contributed by atoms with Crippen LogP contribution in [0.5, 0.6) is 0 Å². The minimum Gasteiger partial charge on any atom is -0.463 e. The molecule has 21 heavy (non-hydrogen) atoms. The monoisotopic (exact) mass is 303 g/mol. The summed E-state index contributed by atoms with van der Waals surface area (Å²) in [5.74, 6) is -1.62. The zero-order valence-corrected chi connectivity index (χ0v) is 12.4. The van der Waals surface area contributed by atoms with Crippen molar-refractivity contribution in [3.8, 4) is 0 Å². The van der Waals surface area contributed by atoms with Crippen LogP contribution >= 0.6 is 0 Å². The molecule has 1 rings (SSSR count). The average molecular weight is 303 g/mol. The number of carbonyl (C=O) groups excluding carboxylic acids is 3. The van der Waals surface area contributed by atoms with E-state index in [4.69, 9.17) is 23.7 Å². The number of rotatable bonds is 5. The Bertz CT molecular complexity index is 394. The van der Waals surface area contributed by atoms with Crippen LogP contribution < -0.4 is 0 Å². The third kappa shape index (κ3) is 5.68. The van der Waals surface area contributed by atoms with E-state index in [1.165, 1.54) is 34.3 Å². The second kappa shape index (κ2) is 7.94. The van der Waals surface area contributed by atoms with Crippen molar-refractivity contribution in [2.24, 2.45) is 0 Å². The molecular weight excluding hydrogens is 284 g/mol. The van der Waals surface area contributed by atoms with Crippen LogP contribution in [-0.2, 0) is 38.1 Å². The minimum absolute atomic E-state index is 0.154. The second-order valence-corrected chi connectivity index (χ2v) is 4.42. The van der Waals surface area contributed by atoms with Gasteiger partial charge in [-0.05, 0) is 0 Å². The molecule has 0 spiro atoms. The highest BCUT2D eigenvalue weighted by Crippen LogP contribution is 2.25. The van der Waals surface area contributed by atoms with Crippen molar-refractivity contribution >= 4 is 17.9 Å². The van der Waals surface area contributed by atoms with Gasteiger partial charge in [-0.3, -0.25) is 14.4 Å². The Morgan fingerprint density at radius 2 is 1.67 bits per heavy atom. The van der Waals surface area contributed by atoms with Crippen molar-refractivity contribution in [2.75, 3.05) is 13.7 Å². The first kappa shape index (κ1) is 17.4. The summed E-state index contributed by atoms with van der Waals surface area (Å²) >= 11 is 0. The van der Waals surface area contributed by atoms with Gasteiger partial charge in [0.05, 0.1) is 6.42 Å². The molecule has 1 aliphatic rings. The summed E-state index contributed by atoms with van der Waals surface area (Å²) in [5.41, 5.74) is 0. The Kier molecular flexibility index (Phi) is 6.57. The smallest absolute Gasteiger partial charge is 0.303 e. The zero-order valence-electron chi connectivity index (χ0n) is 12.4. The molecule has 0 unspecified atom stereocenters. The standard InChI is InChI=1S/C13H19O8/c1-7(14)18-6-11-13(20-9(3)16)10(19-8(2)15)5-12(17-4)21-11/h5,10-13H,6H2,1-4H3/t10-,11-,12-,13+/m1/s1. The topological polar surface area (TPSA) is 97.4 Å². The molecule has 1 aliphatic heterocycles. The molecule has 1 heterocycles. The third-order valence-corrected chi connectivity index (χ3v) is 2.63. The van der Waals surface area contributed by atoms with Gasteiger partial charge in [-0.2, -0.15) is 0 Å². The Hall–Kier alpha value is -1.67. The van der Waals surface area contributed by atoms with Gasteiger partial charge >= 0.3 is 17.9 Å². The lowest BCUT2D eigenvalue weighted by atomic mass is 10.0. The van der Waals surface area contributed by atoms with E-state index in [9.17, 15) is 14.4 Å². The van der Waals surface area contributed by atoms with E-state index >= 15 is 0 Å². The predicted octanol–water partition coefficient (Wildman–Crippen LogP) is -0.0115. The van der Waals surface area contributed by atoms with Gasteiger partial charge in [-0.25, -0.2) is 0 Å². The van der Waals surface area contributed by atoms with E-state index in [2.05, 4.69) is 0 Å². The fourth-order valence-electron chi connectivity index (χ4n) is 1.87. The van der Waals surface area contributed by atoms with Crippen LogP contribution in [0.2, 0.25) is 0 Å². The van der Waals surface area contributed by atoms with E-state index in [1.54, 1.807) is 0 Å². The third-order valence-electron chi connectivity index (χ3n) is 2.63. The number of carbonyl (C=O) groups is 3. The lowest BCUT2D eigenvalue weighted by Gasteiger charge is -2.39. The SMILES string of the molecule is CO[C@H]1[CH][C@@H](OC(C)=O)[C@H](OC(C)=O)[C@@H](COC(C)=O)O1. The summed E-state index contributed by atoms with van der Waals surface area (Å²) in [6, 6.07) is 0. The van der Waals surface area contributed by atoms with E-state index in [0.717, 1.165) is 0 Å². The fraction of sp³-hybridized carbons (Fsp3) is 0.692. The van der Waals surface area contributed by atoms with Crippen LogP contribution in [-0.4, -0.2) is 56.2 Å². The molecule has 1 saturated heterocycles. The van der Waals surface area contributed by atoms with Gasteiger partial charge in [0.25, 0.3) is 0 Å². The normalized spacial score (nSPS) is 28.6. The molecule has 0 aliphatic carbocycles. The lowest BCUT2D eigenvalue weighted by Crippen LogP contribution is -2.54. The number of hydrogen-bond donors (Lipinski definition) is 0. The molecule has 4 atom stereocenters. The number of ether oxygens (including phenoxy) is 5. The maximum atomic E-state index is 11.2. The van der Waals surface area contributed by atoms with Gasteiger partial charge < -0.3 is 23.7 Å². The molecular formula is C13H19O8. The highest BCUT2D eigenvalue weighted by atomic mass is 16.7. The number of methoxy groups -OCH3 is 1. The first-order valence-electron chi connectivity index (χ1n) is 6.34. The molecule has 119 valence electrons. The number of esters is 3. The van der Waals surface area contributed by atoms with Crippen LogP contribution in [0.25, 0.3) is 0 Å². The van der Waals surface area contributed by atoms with E-state index < -0.39 is 42.5 Å². The van der Waals surface area contributed by atoms with Crippen molar-refractivity contribution < 1.29 is 38.1 Å². The fourth-order valence-corrected chi connectivity index (χ4v) is 1.87. The van der Waals surface area contributed by atoms with Crippen molar-refractivity contribution in [3.05, 3.63) is 6.42 Å². The molecule has 0 N–H and O–H groups in total. The lowest BCUT2D eigenvalue weighted by molar-refractivity contribution is -0.237. The van der Waals surface area contributed by atoms with Gasteiger partial charge in [-0.15, -0.1) is 0 Å². The summed E-state index contributed by atoms with van der Waals surface area (Å²) in [6.45, 7) is 3.54. The second-order valence-electron chi connectivity index (χ2n) is 4.42. The van der Waals surface area contributed by atoms with Gasteiger partial charge in [0.2, 0.25) is 0 Å². The maximum absolute atomic E-state index is 11.2. The molecule has 0 aromatic heterocycles. The molecule has 8 nitrogen and oxygen atoms in total. The van der Waals surface area contributed by atoms with E-state index in [0.29, 0.717) is 0 Å². The Morgan fingerprint density at radius 1 is 1.05 bits per heavy atom. The molecule has 1 fully saturated rings. The van der Waals surface area contributed by atoms with Crippen LogP contribution in [0.3, 0.4) is 0 Å². The van der Waals surface area contributed by atoms with Crippen LogP contribution in [0, 0.1) is 6.42 Å². The summed E-state index contributed by atoms with van der Waals surface area (Å²) < 4.78 is 25.6. The van der Waals surface area contributed by atoms with Gasteiger partial charge in [0, 0.05) is 27.9 Å². The summed E-state index contributed by atoms with van der Waals surface area (Å²) in [5, 5.41) is 0. The Labute approximate surface area is 122 Å². The molecule has 0 aromatic rings. The molecule has 0 saturated carbocycles. The van der Waals surface area contributed by atoms with Crippen molar-refractivity contribution in [2.45, 2.75) is 45.4 Å². The highest BCUT2D eigenvalue weighted by Gasteiger charge is 2.44. The van der Waals surface area contributed by atoms with Gasteiger partial charge in [-0.1, -0.05) is 0 Å². The van der Waals surface area contributed by atoms with Gasteiger partial charge in [0.1, 0.15) is 18.8 Å². The molecule has 0 amide bonds. The predicted molar refractivity (Wildman–Crippen MR) is 67.7 cm³/mol. The summed E-state index contributed by atoms with van der Waals surface area (Å²) in [7, 11) is 1.40. The van der Waals surface area contributed by atoms with Crippen molar-refractivity contribution in [1.29, 1.82) is 0 Å². The molecule has 8 heteroatoms. The quantitative estimate of drug-likeness (QED) is 0.516. The van der Waals surface area contributed by atoms with Crippen LogP contribution in [0.4, 0.5) is 0 Å². The number of hydrogen-bond acceptors (Lipinski definition) is 8. The average Bonchev–Trinajstić information content (AvgIpc) is 2.37. The summed E-state index contributed by atoms with van der Waals surface area (Å²) in [6.07, 6.45) is -1.90. The minimum atomic E-state index is -0.919. The van der Waals surface area contributed by atoms with E-state index in [-0.39, 0.29) is 6.61 Å². The first-order chi connectivity index (χ1) is 9.83. The molecule has 0 bridgehead atoms. The first-order valence-corrected chi connectivity index (χ1v) is 6.34. The van der Waals surface area contributed by atoms with Crippen molar-refractivity contribution in [3.63, 3.8) is 0 Å². The van der Waals surface area contributed by atoms with Crippen LogP contribution in [0.15, 0.2) is 0 Å². The van der Waals surface area contributed by atoms with Crippen LogP contribution in [0.1, 0.15) is 20.8 Å². The summed E-state index contributed by atoms with van der Waals surface area (Å²) in [4.78, 5) is 33.3. The maximum Gasteiger partial charge on any atom is 0.303 e. The van der Waals surface area contributed by atoms with Gasteiger partial charge in [0.15, 0.2) is 12.4 Å². The van der Waals surface area contributed by atoms with Crippen molar-refractivity contribution in [1.82, 2.24) is 0 Å². The van der Waals surface area contributed by atoms with E-state index in [1.807, 2.05) is 0 Å². The Balaban J connectivity index is 2.87. The molecule has 0 aromatic carbocycles. The Morgan fingerprint density at radius 3 is 2.14 bits per heavy atom. The highest BCUT2D eigenvalue weighted by molar-refractivity contribution is 5.68.